The number of anilines is 2. The number of aryl methyl sites for hydroxylation is 1. The van der Waals surface area contributed by atoms with E-state index < -0.39 is 11.6 Å². The molecule has 0 aliphatic carbocycles. The topological polar surface area (TPSA) is 73.0 Å². The van der Waals surface area contributed by atoms with Gasteiger partial charge in [-0.15, -0.1) is 0 Å². The molecule has 2 aliphatic rings. The Morgan fingerprint density at radius 1 is 1.13 bits per heavy atom. The van der Waals surface area contributed by atoms with Gasteiger partial charge in [-0.25, -0.2) is 13.8 Å². The zero-order chi connectivity index (χ0) is 26.8. The lowest BCUT2D eigenvalue weighted by molar-refractivity contribution is -0.129. The lowest BCUT2D eigenvalue weighted by atomic mass is 10.0. The maximum absolute atomic E-state index is 15.2. The predicted octanol–water partition coefficient (Wildman–Crippen LogP) is 5.75. The highest BCUT2D eigenvalue weighted by Gasteiger charge is 2.21. The van der Waals surface area contributed by atoms with E-state index in [1.807, 2.05) is 42.2 Å². The maximum atomic E-state index is 15.2. The van der Waals surface area contributed by atoms with E-state index in [1.165, 1.54) is 0 Å². The third-order valence-corrected chi connectivity index (χ3v) is 6.93. The van der Waals surface area contributed by atoms with Crippen molar-refractivity contribution < 1.29 is 18.3 Å². The second-order valence-electron chi connectivity index (χ2n) is 9.76. The smallest absolute Gasteiger partial charge is 0.219 e. The number of aromatic amines is 1. The zero-order valence-corrected chi connectivity index (χ0v) is 21.7. The van der Waals surface area contributed by atoms with Gasteiger partial charge >= 0.3 is 0 Å². The quantitative estimate of drug-likeness (QED) is 0.461. The van der Waals surface area contributed by atoms with E-state index >= 15 is 4.39 Å². The minimum Gasteiger partial charge on any atom is -0.458 e. The number of fused-ring (bicyclic) bond motifs is 1. The number of benzene rings is 2. The monoisotopic (exact) mass is 519 g/mol. The summed E-state index contributed by atoms with van der Waals surface area (Å²) in [6.45, 7) is 8.32. The summed E-state index contributed by atoms with van der Waals surface area (Å²) in [5, 5.41) is 3.45. The first-order chi connectivity index (χ1) is 18.3. The van der Waals surface area contributed by atoms with Gasteiger partial charge < -0.3 is 24.8 Å². The van der Waals surface area contributed by atoms with Gasteiger partial charge in [0, 0.05) is 79.8 Å². The molecule has 0 radical (unpaired) electrons. The minimum absolute atomic E-state index is 0.0827. The van der Waals surface area contributed by atoms with Gasteiger partial charge in [-0.05, 0) is 43.7 Å². The molecule has 9 heteroatoms. The molecular weight excluding hydrogens is 488 g/mol. The van der Waals surface area contributed by atoms with Crippen molar-refractivity contribution >= 4 is 34.0 Å². The second kappa shape index (κ2) is 10.7. The summed E-state index contributed by atoms with van der Waals surface area (Å²) in [6.07, 6.45) is 6.02. The van der Waals surface area contributed by atoms with Crippen molar-refractivity contribution in [1.29, 1.82) is 0 Å². The molecule has 198 valence electrons. The average Bonchev–Trinajstić information content (AvgIpc) is 3.31. The summed E-state index contributed by atoms with van der Waals surface area (Å²) in [7, 11) is 0. The van der Waals surface area contributed by atoms with Crippen molar-refractivity contribution in [3.63, 3.8) is 0 Å². The van der Waals surface area contributed by atoms with Gasteiger partial charge in [0.2, 0.25) is 5.91 Å². The molecule has 0 spiro atoms. The number of ether oxygens (including phenoxy) is 1. The normalized spacial score (nSPS) is 18.9. The number of nitrogens with one attached hydrogen (secondary N) is 2. The van der Waals surface area contributed by atoms with Crippen LogP contribution in [0.2, 0.25) is 0 Å². The van der Waals surface area contributed by atoms with E-state index in [9.17, 15) is 9.18 Å². The lowest BCUT2D eigenvalue weighted by Crippen LogP contribution is -2.48. The Balaban J connectivity index is 1.33. The van der Waals surface area contributed by atoms with Crippen LogP contribution in [0.25, 0.3) is 10.9 Å². The number of carbonyl (C=O) groups excluding carboxylic acids is 1. The number of allylic oxidation sites excluding steroid dienone is 2. The van der Waals surface area contributed by atoms with E-state index in [0.717, 1.165) is 30.5 Å². The van der Waals surface area contributed by atoms with Crippen molar-refractivity contribution in [2.75, 3.05) is 36.4 Å². The minimum atomic E-state index is -0.609. The van der Waals surface area contributed by atoms with Crippen LogP contribution in [0.1, 0.15) is 26.0 Å². The van der Waals surface area contributed by atoms with Crippen LogP contribution in [-0.4, -0.2) is 47.8 Å². The molecule has 2 N–H and O–H groups in total. The number of rotatable bonds is 4. The third-order valence-electron chi connectivity index (χ3n) is 6.93. The van der Waals surface area contributed by atoms with Crippen LogP contribution in [0.5, 0.6) is 5.75 Å². The number of hydrogen-bond donors (Lipinski definition) is 2. The predicted molar refractivity (Wildman–Crippen MR) is 147 cm³/mol. The van der Waals surface area contributed by atoms with Crippen LogP contribution in [0, 0.1) is 24.5 Å². The summed E-state index contributed by atoms with van der Waals surface area (Å²) in [6, 6.07) is 10.6. The Hall–Kier alpha value is -4.14. The summed E-state index contributed by atoms with van der Waals surface area (Å²) in [4.78, 5) is 23.0. The van der Waals surface area contributed by atoms with Gasteiger partial charge in [0.1, 0.15) is 11.6 Å². The first-order valence-electron chi connectivity index (χ1n) is 12.8. The number of carbonyl (C=O) groups is 1. The molecular formula is C29H31F2N5O2. The van der Waals surface area contributed by atoms with Crippen LogP contribution in [0.15, 0.2) is 65.5 Å². The lowest BCUT2D eigenvalue weighted by Gasteiger charge is -2.35. The molecule has 1 saturated heterocycles. The van der Waals surface area contributed by atoms with Crippen molar-refractivity contribution in [3.05, 3.63) is 77.8 Å². The SMILES string of the molecule is CC(=O)N1CCN(c2ccc(NC3=N/C=C/CC(C)C(Oc4cc(F)c5[nH]c(C)cc5c4F)=C3)cc2)CC1. The summed E-state index contributed by atoms with van der Waals surface area (Å²) in [5.74, 6) is -0.320. The van der Waals surface area contributed by atoms with E-state index in [2.05, 4.69) is 20.2 Å². The van der Waals surface area contributed by atoms with Crippen LogP contribution < -0.4 is 15.0 Å². The summed E-state index contributed by atoms with van der Waals surface area (Å²) in [5.41, 5.74) is 2.71. The van der Waals surface area contributed by atoms with Crippen LogP contribution in [0.3, 0.4) is 0 Å². The molecule has 2 aromatic carbocycles. The maximum Gasteiger partial charge on any atom is 0.219 e. The Kier molecular flexibility index (Phi) is 7.18. The van der Waals surface area contributed by atoms with Gasteiger partial charge in [-0.1, -0.05) is 13.0 Å². The number of hydrogen-bond acceptors (Lipinski definition) is 5. The Morgan fingerprint density at radius 3 is 2.58 bits per heavy atom. The largest absolute Gasteiger partial charge is 0.458 e. The highest BCUT2D eigenvalue weighted by Crippen LogP contribution is 2.32. The van der Waals surface area contributed by atoms with Crippen molar-refractivity contribution in [2.45, 2.75) is 27.2 Å². The van der Waals surface area contributed by atoms with E-state index in [4.69, 9.17) is 4.74 Å². The van der Waals surface area contributed by atoms with Gasteiger partial charge in [-0.3, -0.25) is 4.79 Å². The van der Waals surface area contributed by atoms with Gasteiger partial charge in [0.15, 0.2) is 17.4 Å². The number of aliphatic imine (C=N–C) groups is 1. The van der Waals surface area contributed by atoms with Crippen molar-refractivity contribution in [2.24, 2.45) is 10.9 Å². The molecule has 38 heavy (non-hydrogen) atoms. The van der Waals surface area contributed by atoms with Crippen LogP contribution >= 0.6 is 0 Å². The molecule has 2 aliphatic heterocycles. The standard InChI is InChI=1S/C29H31F2N5O2/c1-18-5-4-10-32-27(17-25(18)38-26-16-24(30)29-23(28(26)31)15-19(2)33-29)34-21-6-8-22(9-7-21)36-13-11-35(12-14-36)20(3)37/h4,6-10,15-18,33H,5,11-14H2,1-3H3,(H,32,34)/b10-4+,25-17?. The highest BCUT2D eigenvalue weighted by molar-refractivity contribution is 6.04. The molecule has 3 heterocycles. The first kappa shape index (κ1) is 25.5. The summed E-state index contributed by atoms with van der Waals surface area (Å²) < 4.78 is 35.8. The first-order valence-corrected chi connectivity index (χ1v) is 12.8. The zero-order valence-electron chi connectivity index (χ0n) is 21.7. The van der Waals surface area contributed by atoms with Crippen molar-refractivity contribution in [1.82, 2.24) is 9.88 Å². The van der Waals surface area contributed by atoms with Crippen LogP contribution in [-0.2, 0) is 4.79 Å². The molecule has 5 rings (SSSR count). The molecule has 1 fully saturated rings. The number of amides is 1. The number of aromatic nitrogens is 1. The molecule has 1 amide bonds. The van der Waals surface area contributed by atoms with Crippen LogP contribution in [0.4, 0.5) is 20.2 Å². The third kappa shape index (κ3) is 5.41. The second-order valence-corrected chi connectivity index (χ2v) is 9.76. The number of nitrogens with zero attached hydrogens (tertiary/aromatic N) is 3. The van der Waals surface area contributed by atoms with Crippen molar-refractivity contribution in [3.8, 4) is 5.75 Å². The molecule has 1 aromatic heterocycles. The van der Waals surface area contributed by atoms with Gasteiger partial charge in [-0.2, -0.15) is 0 Å². The Bertz CT molecular complexity index is 1430. The van der Waals surface area contributed by atoms with E-state index in [0.29, 0.717) is 36.8 Å². The fourth-order valence-electron chi connectivity index (χ4n) is 4.75. The fraction of sp³-hybridized carbons (Fsp3) is 0.310. The molecule has 0 saturated carbocycles. The molecule has 0 bridgehead atoms. The fourth-order valence-corrected chi connectivity index (χ4v) is 4.75. The number of halogens is 2. The Morgan fingerprint density at radius 2 is 1.87 bits per heavy atom. The summed E-state index contributed by atoms with van der Waals surface area (Å²) >= 11 is 0. The average molecular weight is 520 g/mol. The van der Waals surface area contributed by atoms with Gasteiger partial charge in [0.25, 0.3) is 0 Å². The molecule has 7 nitrogen and oxygen atoms in total. The molecule has 1 unspecified atom stereocenters. The van der Waals surface area contributed by atoms with E-state index in [1.54, 1.807) is 32.2 Å². The Labute approximate surface area is 220 Å². The number of piperazine rings is 1. The molecule has 3 aromatic rings. The van der Waals surface area contributed by atoms with E-state index in [-0.39, 0.29) is 28.5 Å². The highest BCUT2D eigenvalue weighted by atomic mass is 19.1. The number of amidine groups is 1. The number of H-pyrrole nitrogens is 1. The van der Waals surface area contributed by atoms with Gasteiger partial charge in [0.05, 0.1) is 5.52 Å². The molecule has 1 atom stereocenters.